The Morgan fingerprint density at radius 3 is 2.62 bits per heavy atom. The molecule has 1 N–H and O–H groups in total. The Morgan fingerprint density at radius 2 is 1.92 bits per heavy atom. The molecule has 1 aromatic rings. The van der Waals surface area contributed by atoms with E-state index in [0.29, 0.717) is 5.75 Å². The van der Waals surface area contributed by atoms with Crippen LogP contribution in [0.4, 0.5) is 0 Å². The van der Waals surface area contributed by atoms with Gasteiger partial charge in [-0.15, -0.1) is 0 Å². The monoisotopic (exact) mass is 326 g/mol. The van der Waals surface area contributed by atoms with Gasteiger partial charge in [0.2, 0.25) is 0 Å². The summed E-state index contributed by atoms with van der Waals surface area (Å²) in [6.07, 6.45) is 12.8. The molecule has 130 valence electrons. The molecular weight excluding hydrogens is 296 g/mol. The van der Waals surface area contributed by atoms with Crippen molar-refractivity contribution >= 4 is 6.08 Å². The van der Waals surface area contributed by atoms with Crippen LogP contribution >= 0.6 is 0 Å². The molecule has 0 saturated carbocycles. The number of phenolic OH excluding ortho intramolecular Hbond substituents is 1. The second kappa shape index (κ2) is 7.74. The molecular formula is C22H30O2. The third-order valence-electron chi connectivity index (χ3n) is 4.44. The molecule has 24 heavy (non-hydrogen) atoms. The zero-order chi connectivity index (χ0) is 17.7. The molecule has 0 amide bonds. The van der Waals surface area contributed by atoms with Crippen LogP contribution in [0.3, 0.4) is 0 Å². The number of aromatic hydroxyl groups is 1. The predicted molar refractivity (Wildman–Crippen MR) is 103 cm³/mol. The van der Waals surface area contributed by atoms with Crippen molar-refractivity contribution in [2.45, 2.75) is 65.9 Å². The van der Waals surface area contributed by atoms with E-state index in [1.165, 1.54) is 11.1 Å². The highest BCUT2D eigenvalue weighted by molar-refractivity contribution is 5.67. The first-order valence-electron chi connectivity index (χ1n) is 8.80. The van der Waals surface area contributed by atoms with E-state index in [1.807, 2.05) is 19.1 Å². The molecule has 0 fully saturated rings. The minimum absolute atomic E-state index is 0.290. The van der Waals surface area contributed by atoms with Crippen molar-refractivity contribution in [2.75, 3.05) is 0 Å². The van der Waals surface area contributed by atoms with Crippen molar-refractivity contribution in [3.63, 3.8) is 0 Å². The Labute approximate surface area is 146 Å². The van der Waals surface area contributed by atoms with Gasteiger partial charge in [-0.05, 0) is 90.2 Å². The van der Waals surface area contributed by atoms with Crippen LogP contribution in [0.1, 0.15) is 64.5 Å². The van der Waals surface area contributed by atoms with Crippen molar-refractivity contribution in [1.29, 1.82) is 0 Å². The Balaban J connectivity index is 1.95. The van der Waals surface area contributed by atoms with Gasteiger partial charge < -0.3 is 9.84 Å². The summed E-state index contributed by atoms with van der Waals surface area (Å²) in [6, 6.07) is 3.77. The zero-order valence-electron chi connectivity index (χ0n) is 15.6. The highest BCUT2D eigenvalue weighted by atomic mass is 16.5. The quantitative estimate of drug-likeness (QED) is 0.618. The second-order valence-electron chi connectivity index (χ2n) is 7.35. The number of aryl methyl sites for hydroxylation is 1. The predicted octanol–water partition coefficient (Wildman–Crippen LogP) is 6.34. The Morgan fingerprint density at radius 1 is 1.17 bits per heavy atom. The maximum absolute atomic E-state index is 10.0. The number of allylic oxidation sites excluding steroid dienone is 4. The minimum Gasteiger partial charge on any atom is -0.507 e. The van der Waals surface area contributed by atoms with E-state index in [4.69, 9.17) is 4.74 Å². The molecule has 1 heterocycles. The smallest absolute Gasteiger partial charge is 0.131 e. The first-order chi connectivity index (χ1) is 11.3. The standard InChI is InChI=1S/C22H30O2/c1-16(2)8-6-9-17(3)10-7-12-22(5)13-11-19-20(23)14-18(4)15-21(19)24-22/h8,10-11,13-15,23H,6-7,9,12H2,1-5H3/b17-10+/t22-/m1/s1. The summed E-state index contributed by atoms with van der Waals surface area (Å²) in [5, 5.41) is 10.0. The minimum atomic E-state index is -0.316. The molecule has 0 saturated heterocycles. The second-order valence-corrected chi connectivity index (χ2v) is 7.35. The summed E-state index contributed by atoms with van der Waals surface area (Å²) >= 11 is 0. The Hall–Kier alpha value is -1.96. The molecule has 1 aliphatic rings. The maximum atomic E-state index is 10.0. The highest BCUT2D eigenvalue weighted by Crippen LogP contribution is 2.38. The van der Waals surface area contributed by atoms with E-state index in [-0.39, 0.29) is 5.60 Å². The average molecular weight is 326 g/mol. The summed E-state index contributed by atoms with van der Waals surface area (Å²) in [5.41, 5.74) is 4.30. The Kier molecular flexibility index (Phi) is 5.93. The normalized spacial score (nSPS) is 19.6. The van der Waals surface area contributed by atoms with Gasteiger partial charge in [0.15, 0.2) is 0 Å². The SMILES string of the molecule is CC(C)=CCC/C(C)=C/CC[C@]1(C)C=Cc2c(O)cc(C)cc2O1. The number of phenols is 1. The lowest BCUT2D eigenvalue weighted by molar-refractivity contribution is 0.128. The van der Waals surface area contributed by atoms with Crippen molar-refractivity contribution < 1.29 is 9.84 Å². The van der Waals surface area contributed by atoms with Gasteiger partial charge in [-0.3, -0.25) is 0 Å². The van der Waals surface area contributed by atoms with Gasteiger partial charge >= 0.3 is 0 Å². The van der Waals surface area contributed by atoms with Gasteiger partial charge in [0.25, 0.3) is 0 Å². The number of hydrogen-bond acceptors (Lipinski definition) is 2. The number of benzene rings is 1. The summed E-state index contributed by atoms with van der Waals surface area (Å²) in [7, 11) is 0. The van der Waals surface area contributed by atoms with Crippen LogP contribution in [0.5, 0.6) is 11.5 Å². The van der Waals surface area contributed by atoms with Crippen LogP contribution in [0.15, 0.2) is 41.5 Å². The van der Waals surface area contributed by atoms with E-state index in [9.17, 15) is 5.11 Å². The molecule has 0 spiro atoms. The van der Waals surface area contributed by atoms with Gasteiger partial charge in [0.1, 0.15) is 17.1 Å². The molecule has 2 rings (SSSR count). The molecule has 1 atom stereocenters. The van der Waals surface area contributed by atoms with Gasteiger partial charge in [-0.1, -0.05) is 23.3 Å². The zero-order valence-corrected chi connectivity index (χ0v) is 15.6. The molecule has 0 radical (unpaired) electrons. The molecule has 0 aliphatic carbocycles. The first kappa shape index (κ1) is 18.4. The molecule has 2 heteroatoms. The lowest BCUT2D eigenvalue weighted by Crippen LogP contribution is -2.31. The molecule has 0 aromatic heterocycles. The Bertz CT molecular complexity index is 675. The maximum Gasteiger partial charge on any atom is 0.131 e. The highest BCUT2D eigenvalue weighted by Gasteiger charge is 2.27. The fourth-order valence-corrected chi connectivity index (χ4v) is 2.97. The van der Waals surface area contributed by atoms with Crippen LogP contribution in [0.2, 0.25) is 0 Å². The van der Waals surface area contributed by atoms with E-state index < -0.39 is 0 Å². The lowest BCUT2D eigenvalue weighted by Gasteiger charge is -2.32. The van der Waals surface area contributed by atoms with Crippen molar-refractivity contribution in [2.24, 2.45) is 0 Å². The van der Waals surface area contributed by atoms with Crippen LogP contribution < -0.4 is 4.74 Å². The molecule has 0 bridgehead atoms. The van der Waals surface area contributed by atoms with Crippen molar-refractivity contribution in [3.05, 3.63) is 52.6 Å². The first-order valence-corrected chi connectivity index (χ1v) is 8.80. The van der Waals surface area contributed by atoms with Gasteiger partial charge in [-0.25, -0.2) is 0 Å². The van der Waals surface area contributed by atoms with Gasteiger partial charge in [0.05, 0.1) is 5.56 Å². The topological polar surface area (TPSA) is 29.5 Å². The number of hydrogen-bond donors (Lipinski definition) is 1. The van der Waals surface area contributed by atoms with E-state index in [2.05, 4.69) is 45.9 Å². The number of fused-ring (bicyclic) bond motifs is 1. The number of rotatable bonds is 6. The van der Waals surface area contributed by atoms with E-state index in [1.54, 1.807) is 6.07 Å². The summed E-state index contributed by atoms with van der Waals surface area (Å²) < 4.78 is 6.19. The summed E-state index contributed by atoms with van der Waals surface area (Å²) in [4.78, 5) is 0. The fraction of sp³-hybridized carbons (Fsp3) is 0.455. The summed E-state index contributed by atoms with van der Waals surface area (Å²) in [5.74, 6) is 1.07. The lowest BCUT2D eigenvalue weighted by atomic mass is 9.93. The third-order valence-corrected chi connectivity index (χ3v) is 4.44. The third kappa shape index (κ3) is 5.02. The van der Waals surface area contributed by atoms with Gasteiger partial charge in [-0.2, -0.15) is 0 Å². The van der Waals surface area contributed by atoms with Crippen molar-refractivity contribution in [1.82, 2.24) is 0 Å². The van der Waals surface area contributed by atoms with Crippen LogP contribution in [-0.4, -0.2) is 10.7 Å². The molecule has 0 unspecified atom stereocenters. The number of ether oxygens (including phenoxy) is 1. The fourth-order valence-electron chi connectivity index (χ4n) is 2.97. The van der Waals surface area contributed by atoms with Crippen LogP contribution in [0, 0.1) is 6.92 Å². The van der Waals surface area contributed by atoms with Gasteiger partial charge in [0, 0.05) is 0 Å². The molecule has 1 aromatic carbocycles. The summed E-state index contributed by atoms with van der Waals surface area (Å²) in [6.45, 7) is 10.6. The van der Waals surface area contributed by atoms with Crippen molar-refractivity contribution in [3.8, 4) is 11.5 Å². The van der Waals surface area contributed by atoms with E-state index >= 15 is 0 Å². The largest absolute Gasteiger partial charge is 0.507 e. The average Bonchev–Trinajstić information content (AvgIpc) is 2.45. The molecule has 1 aliphatic heterocycles. The van der Waals surface area contributed by atoms with E-state index in [0.717, 1.165) is 42.6 Å². The molecule has 2 nitrogen and oxygen atoms in total. The van der Waals surface area contributed by atoms with Crippen LogP contribution in [-0.2, 0) is 0 Å². The van der Waals surface area contributed by atoms with Crippen LogP contribution in [0.25, 0.3) is 6.08 Å².